The van der Waals surface area contributed by atoms with Crippen molar-refractivity contribution in [2.24, 2.45) is 0 Å². The highest BCUT2D eigenvalue weighted by Gasteiger charge is 2.40. The van der Waals surface area contributed by atoms with Crippen molar-refractivity contribution in [2.45, 2.75) is 63.7 Å². The van der Waals surface area contributed by atoms with E-state index in [1.165, 1.54) is 7.11 Å². The summed E-state index contributed by atoms with van der Waals surface area (Å²) in [5, 5.41) is 14.3. The summed E-state index contributed by atoms with van der Waals surface area (Å²) in [5.41, 5.74) is -0.0234. The standard InChI is InChI=1S/C22H32N2O8S/c1-21(2,3)32-20(29)24-16(18(27)30-6)22(4,5)33-13-15(17(25)26)23-19(28)31-12-14-10-8-7-9-11-14/h7-11,15-16H,12-13H2,1-6H3,(H,23,28)(H,24,29)(H,25,26)/t15-,16+/m1/s1. The molecule has 0 fully saturated rings. The number of carbonyl (C=O) groups excluding carboxylic acids is 3. The smallest absolute Gasteiger partial charge is 0.408 e. The van der Waals surface area contributed by atoms with Crippen molar-refractivity contribution in [3.63, 3.8) is 0 Å². The number of benzene rings is 1. The maximum Gasteiger partial charge on any atom is 0.408 e. The minimum absolute atomic E-state index is 0.0120. The fourth-order valence-electron chi connectivity index (χ4n) is 2.52. The highest BCUT2D eigenvalue weighted by molar-refractivity contribution is 8.00. The number of thioether (sulfide) groups is 1. The Labute approximate surface area is 197 Å². The molecule has 1 rings (SSSR count). The number of aliphatic carboxylic acids is 1. The lowest BCUT2D eigenvalue weighted by Crippen LogP contribution is -2.54. The third-order valence-corrected chi connectivity index (χ3v) is 5.70. The Morgan fingerprint density at radius 2 is 1.61 bits per heavy atom. The quantitative estimate of drug-likeness (QED) is 0.338. The van der Waals surface area contributed by atoms with Crippen LogP contribution in [0, 0.1) is 0 Å². The second kappa shape index (κ2) is 12.3. The molecule has 0 bridgehead atoms. The highest BCUT2D eigenvalue weighted by atomic mass is 32.2. The molecule has 0 radical (unpaired) electrons. The average molecular weight is 485 g/mol. The van der Waals surface area contributed by atoms with Crippen molar-refractivity contribution < 1.29 is 38.5 Å². The van der Waals surface area contributed by atoms with Crippen molar-refractivity contribution in [3.05, 3.63) is 35.9 Å². The van der Waals surface area contributed by atoms with E-state index in [0.29, 0.717) is 0 Å². The van der Waals surface area contributed by atoms with Gasteiger partial charge in [-0.3, -0.25) is 0 Å². The van der Waals surface area contributed by atoms with Crippen LogP contribution in [0.25, 0.3) is 0 Å². The Morgan fingerprint density at radius 1 is 1.00 bits per heavy atom. The minimum Gasteiger partial charge on any atom is -0.480 e. The van der Waals surface area contributed by atoms with Crippen molar-refractivity contribution in [1.29, 1.82) is 0 Å². The molecule has 0 saturated heterocycles. The maximum atomic E-state index is 12.3. The summed E-state index contributed by atoms with van der Waals surface area (Å²) in [6.07, 6.45) is -1.70. The molecule has 3 N–H and O–H groups in total. The number of hydrogen-bond donors (Lipinski definition) is 3. The molecule has 0 unspecified atom stereocenters. The van der Waals surface area contributed by atoms with Crippen molar-refractivity contribution >= 4 is 35.9 Å². The predicted molar refractivity (Wildman–Crippen MR) is 123 cm³/mol. The maximum absolute atomic E-state index is 12.3. The monoisotopic (exact) mass is 484 g/mol. The van der Waals surface area contributed by atoms with E-state index >= 15 is 0 Å². The van der Waals surface area contributed by atoms with Gasteiger partial charge in [0.15, 0.2) is 0 Å². The molecule has 0 aliphatic carbocycles. The molecule has 1 aromatic carbocycles. The molecule has 184 valence electrons. The second-order valence-electron chi connectivity index (χ2n) is 8.61. The third kappa shape index (κ3) is 10.5. The van der Waals surface area contributed by atoms with E-state index in [1.54, 1.807) is 58.9 Å². The number of nitrogens with one attached hydrogen (secondary N) is 2. The summed E-state index contributed by atoms with van der Waals surface area (Å²) < 4.78 is 14.1. The summed E-state index contributed by atoms with van der Waals surface area (Å²) in [6.45, 7) is 8.31. The Bertz CT molecular complexity index is 823. The van der Waals surface area contributed by atoms with Crippen LogP contribution < -0.4 is 10.6 Å². The van der Waals surface area contributed by atoms with Gasteiger partial charge in [0, 0.05) is 10.5 Å². The number of carbonyl (C=O) groups is 4. The summed E-state index contributed by atoms with van der Waals surface area (Å²) >= 11 is 1.06. The Kier molecular flexibility index (Phi) is 10.5. The molecule has 10 nitrogen and oxygen atoms in total. The van der Waals surface area contributed by atoms with Gasteiger partial charge in [0.2, 0.25) is 0 Å². The molecule has 0 aromatic heterocycles. The van der Waals surface area contributed by atoms with Gasteiger partial charge in [0.05, 0.1) is 7.11 Å². The van der Waals surface area contributed by atoms with Crippen LogP contribution in [0.3, 0.4) is 0 Å². The van der Waals surface area contributed by atoms with Gasteiger partial charge in [-0.05, 0) is 40.2 Å². The van der Waals surface area contributed by atoms with Gasteiger partial charge < -0.3 is 30.0 Å². The highest BCUT2D eigenvalue weighted by Crippen LogP contribution is 2.30. The van der Waals surface area contributed by atoms with Crippen LogP contribution in [0.1, 0.15) is 40.2 Å². The lowest BCUT2D eigenvalue weighted by atomic mass is 10.0. The number of hydrogen-bond acceptors (Lipinski definition) is 8. The normalized spacial score (nSPS) is 13.3. The molecule has 0 spiro atoms. The van der Waals surface area contributed by atoms with Crippen LogP contribution in [0.5, 0.6) is 0 Å². The van der Waals surface area contributed by atoms with Gasteiger partial charge in [-0.2, -0.15) is 11.8 Å². The van der Waals surface area contributed by atoms with Crippen LogP contribution in [0.15, 0.2) is 30.3 Å². The first-order chi connectivity index (χ1) is 15.2. The van der Waals surface area contributed by atoms with Gasteiger partial charge in [-0.15, -0.1) is 0 Å². The average Bonchev–Trinajstić information content (AvgIpc) is 2.72. The molecule has 0 heterocycles. The van der Waals surface area contributed by atoms with Crippen molar-refractivity contribution in [2.75, 3.05) is 12.9 Å². The van der Waals surface area contributed by atoms with Gasteiger partial charge in [-0.1, -0.05) is 30.3 Å². The zero-order valence-corrected chi connectivity index (χ0v) is 20.5. The summed E-state index contributed by atoms with van der Waals surface area (Å²) in [4.78, 5) is 48.2. The molecule has 2 amide bonds. The summed E-state index contributed by atoms with van der Waals surface area (Å²) in [7, 11) is 1.18. The lowest BCUT2D eigenvalue weighted by molar-refractivity contribution is -0.143. The lowest BCUT2D eigenvalue weighted by Gasteiger charge is -2.33. The number of carboxylic acids is 1. The third-order valence-electron chi connectivity index (χ3n) is 4.22. The number of esters is 1. The number of amides is 2. The van der Waals surface area contributed by atoms with Gasteiger partial charge in [-0.25, -0.2) is 19.2 Å². The Balaban J connectivity index is 2.77. The second-order valence-corrected chi connectivity index (χ2v) is 10.3. The largest absolute Gasteiger partial charge is 0.480 e. The van der Waals surface area contributed by atoms with Gasteiger partial charge in [0.25, 0.3) is 0 Å². The zero-order chi connectivity index (χ0) is 25.2. The molecule has 2 atom stereocenters. The minimum atomic E-state index is -1.29. The molecule has 33 heavy (non-hydrogen) atoms. The number of methoxy groups -OCH3 is 1. The predicted octanol–water partition coefficient (Wildman–Crippen LogP) is 2.94. The molecular weight excluding hydrogens is 452 g/mol. The van der Waals surface area contributed by atoms with E-state index in [4.69, 9.17) is 14.2 Å². The van der Waals surface area contributed by atoms with Crippen LogP contribution in [-0.4, -0.2) is 64.5 Å². The van der Waals surface area contributed by atoms with Crippen LogP contribution in [0.2, 0.25) is 0 Å². The van der Waals surface area contributed by atoms with E-state index < -0.39 is 46.6 Å². The van der Waals surface area contributed by atoms with Crippen LogP contribution in [-0.2, 0) is 30.4 Å². The van der Waals surface area contributed by atoms with Crippen molar-refractivity contribution in [3.8, 4) is 0 Å². The summed E-state index contributed by atoms with van der Waals surface area (Å²) in [6, 6.07) is 6.51. The summed E-state index contributed by atoms with van der Waals surface area (Å²) in [5.74, 6) is -2.10. The SMILES string of the molecule is COC(=O)[C@H](NC(=O)OC(C)(C)C)C(C)(C)SC[C@@H](NC(=O)OCc1ccccc1)C(=O)O. The molecule has 0 aliphatic rings. The first kappa shape index (κ1) is 28.1. The zero-order valence-electron chi connectivity index (χ0n) is 19.7. The van der Waals surface area contributed by atoms with E-state index in [1.807, 2.05) is 6.07 Å². The molecule has 0 aliphatic heterocycles. The van der Waals surface area contributed by atoms with E-state index in [-0.39, 0.29) is 12.4 Å². The van der Waals surface area contributed by atoms with Crippen molar-refractivity contribution in [1.82, 2.24) is 10.6 Å². The number of rotatable bonds is 10. The van der Waals surface area contributed by atoms with Crippen LogP contribution in [0.4, 0.5) is 9.59 Å². The fourth-order valence-corrected chi connectivity index (χ4v) is 3.67. The molecule has 0 saturated carbocycles. The Hall–Kier alpha value is -2.95. The van der Waals surface area contributed by atoms with Crippen LogP contribution >= 0.6 is 11.8 Å². The molecule has 11 heteroatoms. The molecular formula is C22H32N2O8S. The first-order valence-corrected chi connectivity index (χ1v) is 11.1. The Morgan fingerprint density at radius 3 is 2.12 bits per heavy atom. The van der Waals surface area contributed by atoms with Gasteiger partial charge >= 0.3 is 24.1 Å². The van der Waals surface area contributed by atoms with E-state index in [2.05, 4.69) is 10.6 Å². The number of ether oxygens (including phenoxy) is 3. The number of carboxylic acid groups (broad SMARTS) is 1. The van der Waals surface area contributed by atoms with E-state index in [0.717, 1.165) is 17.3 Å². The number of alkyl carbamates (subject to hydrolysis) is 2. The van der Waals surface area contributed by atoms with Gasteiger partial charge in [0.1, 0.15) is 24.3 Å². The first-order valence-electron chi connectivity index (χ1n) is 10.2. The molecule has 1 aromatic rings. The topological polar surface area (TPSA) is 140 Å². The fraction of sp³-hybridized carbons (Fsp3) is 0.545. The van der Waals surface area contributed by atoms with E-state index in [9.17, 15) is 24.3 Å².